The molecule has 0 bridgehead atoms. The van der Waals surface area contributed by atoms with Crippen LogP contribution < -0.4 is 10.5 Å². The summed E-state index contributed by atoms with van der Waals surface area (Å²) in [5.41, 5.74) is 6.05. The number of nitrogens with two attached hydrogens (primary N) is 1. The predicted molar refractivity (Wildman–Crippen MR) is 81.4 cm³/mol. The molecule has 0 aromatic carbocycles. The van der Waals surface area contributed by atoms with E-state index in [0.717, 1.165) is 52.1 Å². The Labute approximate surface area is 125 Å². The first kappa shape index (κ1) is 15.7. The van der Waals surface area contributed by atoms with Crippen LogP contribution in [-0.4, -0.2) is 67.1 Å². The first-order valence-corrected chi connectivity index (χ1v) is 7.47. The Hall–Kier alpha value is -1.66. The van der Waals surface area contributed by atoms with Crippen LogP contribution in [0, 0.1) is 0 Å². The molecule has 0 radical (unpaired) electrons. The lowest BCUT2D eigenvalue weighted by molar-refractivity contribution is 0.0631. The van der Waals surface area contributed by atoms with Gasteiger partial charge in [0.1, 0.15) is 5.56 Å². The number of aromatic nitrogens is 1. The fourth-order valence-corrected chi connectivity index (χ4v) is 2.54. The van der Waals surface area contributed by atoms with Gasteiger partial charge in [0.05, 0.1) is 7.11 Å². The SMILES string of the molecule is COc1ncccc1C(=O)N1CCN(CCCCN)CC1. The molecule has 2 rings (SSSR count). The maximum Gasteiger partial charge on any atom is 0.259 e. The molecule has 1 fully saturated rings. The third-order valence-corrected chi connectivity index (χ3v) is 3.78. The van der Waals surface area contributed by atoms with Gasteiger partial charge in [0.2, 0.25) is 5.88 Å². The molecule has 0 saturated carbocycles. The van der Waals surface area contributed by atoms with Gasteiger partial charge in [0.15, 0.2) is 0 Å². The number of amides is 1. The standard InChI is InChI=1S/C15H24N4O2/c1-21-14-13(5-4-7-17-14)15(20)19-11-9-18(10-12-19)8-3-2-6-16/h4-5,7H,2-3,6,8-12,16H2,1H3. The zero-order chi connectivity index (χ0) is 15.1. The lowest BCUT2D eigenvalue weighted by Crippen LogP contribution is -2.48. The number of piperazine rings is 1. The van der Waals surface area contributed by atoms with Gasteiger partial charge in [-0.25, -0.2) is 4.98 Å². The van der Waals surface area contributed by atoms with Gasteiger partial charge in [0.25, 0.3) is 5.91 Å². The van der Waals surface area contributed by atoms with Crippen molar-refractivity contribution < 1.29 is 9.53 Å². The van der Waals surface area contributed by atoms with Crippen LogP contribution in [0.5, 0.6) is 5.88 Å². The Morgan fingerprint density at radius 1 is 1.33 bits per heavy atom. The first-order valence-electron chi connectivity index (χ1n) is 7.47. The molecule has 1 aromatic heterocycles. The first-order chi connectivity index (χ1) is 10.3. The van der Waals surface area contributed by atoms with E-state index >= 15 is 0 Å². The van der Waals surface area contributed by atoms with Gasteiger partial charge in [0, 0.05) is 32.4 Å². The van der Waals surface area contributed by atoms with Crippen molar-refractivity contribution in [2.45, 2.75) is 12.8 Å². The van der Waals surface area contributed by atoms with E-state index < -0.39 is 0 Å². The number of methoxy groups -OCH3 is 1. The van der Waals surface area contributed by atoms with Crippen LogP contribution in [0.3, 0.4) is 0 Å². The Bertz CT molecular complexity index is 459. The molecule has 6 nitrogen and oxygen atoms in total. The van der Waals surface area contributed by atoms with Crippen LogP contribution in [0.1, 0.15) is 23.2 Å². The molecule has 1 saturated heterocycles. The van der Waals surface area contributed by atoms with Crippen molar-refractivity contribution >= 4 is 5.91 Å². The van der Waals surface area contributed by atoms with Gasteiger partial charge in [-0.2, -0.15) is 0 Å². The van der Waals surface area contributed by atoms with E-state index in [1.165, 1.54) is 7.11 Å². The lowest BCUT2D eigenvalue weighted by Gasteiger charge is -2.34. The minimum absolute atomic E-state index is 0.00144. The van der Waals surface area contributed by atoms with E-state index in [1.807, 2.05) is 4.90 Å². The smallest absolute Gasteiger partial charge is 0.259 e. The molecule has 21 heavy (non-hydrogen) atoms. The minimum atomic E-state index is 0.00144. The van der Waals surface area contributed by atoms with E-state index in [-0.39, 0.29) is 5.91 Å². The van der Waals surface area contributed by atoms with Crippen LogP contribution in [0.25, 0.3) is 0 Å². The molecule has 1 aliphatic heterocycles. The normalized spacial score (nSPS) is 16.0. The molecule has 1 amide bonds. The third kappa shape index (κ3) is 4.15. The molecule has 116 valence electrons. The summed E-state index contributed by atoms with van der Waals surface area (Å²) in [7, 11) is 1.54. The molecule has 2 N–H and O–H groups in total. The fourth-order valence-electron chi connectivity index (χ4n) is 2.54. The van der Waals surface area contributed by atoms with Crippen LogP contribution in [0.15, 0.2) is 18.3 Å². The highest BCUT2D eigenvalue weighted by molar-refractivity contribution is 5.96. The lowest BCUT2D eigenvalue weighted by atomic mass is 10.2. The second kappa shape index (κ2) is 7.95. The molecule has 6 heteroatoms. The number of carbonyl (C=O) groups excluding carboxylic acids is 1. The number of rotatable bonds is 6. The Kier molecular flexibility index (Phi) is 5.95. The Morgan fingerprint density at radius 2 is 2.10 bits per heavy atom. The number of carbonyl (C=O) groups is 1. The highest BCUT2D eigenvalue weighted by Gasteiger charge is 2.24. The summed E-state index contributed by atoms with van der Waals surface area (Å²) in [6.07, 6.45) is 3.82. The van der Waals surface area contributed by atoms with Crippen LogP contribution >= 0.6 is 0 Å². The average Bonchev–Trinajstić information content (AvgIpc) is 2.55. The van der Waals surface area contributed by atoms with Crippen molar-refractivity contribution in [3.05, 3.63) is 23.9 Å². The maximum atomic E-state index is 12.5. The van der Waals surface area contributed by atoms with Crippen molar-refractivity contribution in [3.8, 4) is 5.88 Å². The topological polar surface area (TPSA) is 71.7 Å². The highest BCUT2D eigenvalue weighted by Crippen LogP contribution is 2.17. The molecular weight excluding hydrogens is 268 g/mol. The predicted octanol–water partition coefficient (Wildman–Crippen LogP) is 0.587. The van der Waals surface area contributed by atoms with Crippen molar-refractivity contribution in [3.63, 3.8) is 0 Å². The summed E-state index contributed by atoms with van der Waals surface area (Å²) in [5, 5.41) is 0. The van der Waals surface area contributed by atoms with Crippen LogP contribution in [-0.2, 0) is 0 Å². The number of hydrogen-bond acceptors (Lipinski definition) is 5. The van der Waals surface area contributed by atoms with Crippen LogP contribution in [0.2, 0.25) is 0 Å². The Balaban J connectivity index is 1.88. The van der Waals surface area contributed by atoms with Crippen molar-refractivity contribution in [1.82, 2.24) is 14.8 Å². The summed E-state index contributed by atoms with van der Waals surface area (Å²) < 4.78 is 5.16. The number of hydrogen-bond donors (Lipinski definition) is 1. The number of ether oxygens (including phenoxy) is 1. The second-order valence-electron chi connectivity index (χ2n) is 5.19. The highest BCUT2D eigenvalue weighted by atomic mass is 16.5. The quantitative estimate of drug-likeness (QED) is 0.777. The number of unbranched alkanes of at least 4 members (excludes halogenated alkanes) is 1. The summed E-state index contributed by atoms with van der Waals surface area (Å²) in [4.78, 5) is 20.9. The third-order valence-electron chi connectivity index (χ3n) is 3.78. The molecule has 0 aliphatic carbocycles. The van der Waals surface area contributed by atoms with E-state index in [1.54, 1.807) is 18.3 Å². The van der Waals surface area contributed by atoms with Crippen molar-refractivity contribution in [2.24, 2.45) is 5.73 Å². The second-order valence-corrected chi connectivity index (χ2v) is 5.19. The number of nitrogens with zero attached hydrogens (tertiary/aromatic N) is 3. The summed E-state index contributed by atoms with van der Waals surface area (Å²) in [6.45, 7) is 5.14. The molecule has 0 spiro atoms. The summed E-state index contributed by atoms with van der Waals surface area (Å²) in [5.74, 6) is 0.398. The van der Waals surface area contributed by atoms with Crippen molar-refractivity contribution in [1.29, 1.82) is 0 Å². The van der Waals surface area contributed by atoms with E-state index in [9.17, 15) is 4.79 Å². The largest absolute Gasteiger partial charge is 0.480 e. The number of pyridine rings is 1. The molecule has 1 aromatic rings. The Morgan fingerprint density at radius 3 is 2.76 bits per heavy atom. The molecule has 0 unspecified atom stereocenters. The van der Waals surface area contributed by atoms with Crippen LogP contribution in [0.4, 0.5) is 0 Å². The fraction of sp³-hybridized carbons (Fsp3) is 0.600. The van der Waals surface area contributed by atoms with Gasteiger partial charge < -0.3 is 15.4 Å². The van der Waals surface area contributed by atoms with Gasteiger partial charge >= 0.3 is 0 Å². The maximum absolute atomic E-state index is 12.5. The summed E-state index contributed by atoms with van der Waals surface area (Å²) >= 11 is 0. The van der Waals surface area contributed by atoms with Gasteiger partial charge in [-0.1, -0.05) is 0 Å². The van der Waals surface area contributed by atoms with Gasteiger partial charge in [-0.15, -0.1) is 0 Å². The zero-order valence-electron chi connectivity index (χ0n) is 12.6. The van der Waals surface area contributed by atoms with Gasteiger partial charge in [-0.05, 0) is 38.1 Å². The zero-order valence-corrected chi connectivity index (χ0v) is 12.6. The van der Waals surface area contributed by atoms with E-state index in [4.69, 9.17) is 10.5 Å². The summed E-state index contributed by atoms with van der Waals surface area (Å²) in [6, 6.07) is 3.53. The molecule has 0 atom stereocenters. The minimum Gasteiger partial charge on any atom is -0.480 e. The monoisotopic (exact) mass is 292 g/mol. The van der Waals surface area contributed by atoms with E-state index in [0.29, 0.717) is 11.4 Å². The van der Waals surface area contributed by atoms with E-state index in [2.05, 4.69) is 9.88 Å². The average molecular weight is 292 g/mol. The van der Waals surface area contributed by atoms with Gasteiger partial charge in [-0.3, -0.25) is 9.69 Å². The molecule has 2 heterocycles. The molecular formula is C15H24N4O2. The molecule has 1 aliphatic rings. The van der Waals surface area contributed by atoms with Crippen molar-refractivity contribution in [2.75, 3.05) is 46.4 Å².